The number of rotatable bonds is 7. The van der Waals surface area contributed by atoms with Crippen LogP contribution in [0.3, 0.4) is 0 Å². The lowest BCUT2D eigenvalue weighted by Gasteiger charge is -2.13. The minimum Gasteiger partial charge on any atom is -0.497 e. The molecule has 0 aliphatic rings. The summed E-state index contributed by atoms with van der Waals surface area (Å²) in [6.45, 7) is 0.114. The zero-order chi connectivity index (χ0) is 16.7. The Morgan fingerprint density at radius 2 is 1.91 bits per heavy atom. The van der Waals surface area contributed by atoms with Crippen molar-refractivity contribution in [2.75, 3.05) is 13.7 Å². The molecule has 0 bridgehead atoms. The quantitative estimate of drug-likeness (QED) is 0.825. The number of hydrogen-bond acceptors (Lipinski definition) is 3. The van der Waals surface area contributed by atoms with Gasteiger partial charge in [-0.15, -0.1) is 0 Å². The molecule has 0 radical (unpaired) electrons. The van der Waals surface area contributed by atoms with Crippen molar-refractivity contribution < 1.29 is 19.0 Å². The molecule has 1 atom stereocenters. The monoisotopic (exact) mass is 317 g/mol. The summed E-state index contributed by atoms with van der Waals surface area (Å²) in [6.07, 6.45) is -0.286. The Hall–Kier alpha value is -2.40. The van der Waals surface area contributed by atoms with Gasteiger partial charge in [0.15, 0.2) is 0 Å². The highest BCUT2D eigenvalue weighted by Gasteiger charge is 2.10. The molecule has 4 nitrogen and oxygen atoms in total. The summed E-state index contributed by atoms with van der Waals surface area (Å²) >= 11 is 0. The zero-order valence-electron chi connectivity index (χ0n) is 13.0. The van der Waals surface area contributed by atoms with Gasteiger partial charge in [0.1, 0.15) is 11.6 Å². The summed E-state index contributed by atoms with van der Waals surface area (Å²) in [5.41, 5.74) is 1.21. The first-order valence-corrected chi connectivity index (χ1v) is 7.42. The van der Waals surface area contributed by atoms with E-state index in [-0.39, 0.29) is 24.7 Å². The van der Waals surface area contributed by atoms with E-state index in [1.54, 1.807) is 49.6 Å². The van der Waals surface area contributed by atoms with Gasteiger partial charge in [0, 0.05) is 13.0 Å². The van der Waals surface area contributed by atoms with E-state index in [2.05, 4.69) is 5.32 Å². The van der Waals surface area contributed by atoms with Crippen molar-refractivity contribution in [3.8, 4) is 5.75 Å². The van der Waals surface area contributed by atoms with Crippen molar-refractivity contribution in [1.29, 1.82) is 0 Å². The molecular formula is C18H20FNO3. The number of aliphatic hydroxyl groups excluding tert-OH is 1. The standard InChI is InChI=1S/C18H20FNO3/c1-23-15-9-6-14(7-10-15)17(21)12-20-18(22)11-8-13-4-2-3-5-16(13)19/h2-7,9-10,17,21H,8,11-12H2,1H3,(H,20,22). The molecule has 0 saturated heterocycles. The Balaban J connectivity index is 1.78. The van der Waals surface area contributed by atoms with Gasteiger partial charge in [-0.1, -0.05) is 30.3 Å². The highest BCUT2D eigenvalue weighted by atomic mass is 19.1. The van der Waals surface area contributed by atoms with Crippen LogP contribution >= 0.6 is 0 Å². The fourth-order valence-corrected chi connectivity index (χ4v) is 2.19. The van der Waals surface area contributed by atoms with Crippen molar-refractivity contribution in [2.45, 2.75) is 18.9 Å². The number of benzene rings is 2. The number of ether oxygens (including phenoxy) is 1. The number of amides is 1. The van der Waals surface area contributed by atoms with E-state index in [4.69, 9.17) is 4.74 Å². The van der Waals surface area contributed by atoms with Gasteiger partial charge in [-0.3, -0.25) is 4.79 Å². The number of carbonyl (C=O) groups is 1. The molecule has 0 aliphatic carbocycles. The predicted molar refractivity (Wildman–Crippen MR) is 85.7 cm³/mol. The highest BCUT2D eigenvalue weighted by molar-refractivity contribution is 5.76. The van der Waals surface area contributed by atoms with Crippen LogP contribution in [0.25, 0.3) is 0 Å². The lowest BCUT2D eigenvalue weighted by atomic mass is 10.1. The molecule has 23 heavy (non-hydrogen) atoms. The van der Waals surface area contributed by atoms with Crippen LogP contribution in [0.15, 0.2) is 48.5 Å². The van der Waals surface area contributed by atoms with Gasteiger partial charge < -0.3 is 15.2 Å². The predicted octanol–water partition coefficient (Wildman–Crippen LogP) is 2.62. The molecule has 1 amide bonds. The van der Waals surface area contributed by atoms with Gasteiger partial charge in [0.05, 0.1) is 13.2 Å². The van der Waals surface area contributed by atoms with Gasteiger partial charge in [0.25, 0.3) is 0 Å². The van der Waals surface area contributed by atoms with Gasteiger partial charge in [-0.2, -0.15) is 0 Å². The third-order valence-corrected chi connectivity index (χ3v) is 3.57. The van der Waals surface area contributed by atoms with Crippen molar-refractivity contribution in [3.63, 3.8) is 0 Å². The number of aliphatic hydroxyl groups is 1. The first kappa shape index (κ1) is 17.0. The van der Waals surface area contributed by atoms with E-state index >= 15 is 0 Å². The summed E-state index contributed by atoms with van der Waals surface area (Å²) in [7, 11) is 1.57. The zero-order valence-corrected chi connectivity index (χ0v) is 13.0. The van der Waals surface area contributed by atoms with E-state index in [9.17, 15) is 14.3 Å². The second-order valence-electron chi connectivity index (χ2n) is 5.18. The fraction of sp³-hybridized carbons (Fsp3) is 0.278. The average Bonchev–Trinajstić information content (AvgIpc) is 2.59. The van der Waals surface area contributed by atoms with E-state index in [1.165, 1.54) is 6.07 Å². The van der Waals surface area contributed by atoms with Crippen molar-refractivity contribution in [2.24, 2.45) is 0 Å². The number of halogens is 1. The minimum absolute atomic E-state index is 0.114. The molecule has 2 aromatic rings. The molecule has 0 aliphatic heterocycles. The first-order valence-electron chi connectivity index (χ1n) is 7.42. The van der Waals surface area contributed by atoms with Gasteiger partial charge in [-0.25, -0.2) is 4.39 Å². The number of methoxy groups -OCH3 is 1. The minimum atomic E-state index is -0.793. The normalized spacial score (nSPS) is 11.8. The largest absolute Gasteiger partial charge is 0.497 e. The van der Waals surface area contributed by atoms with Crippen LogP contribution in [0.5, 0.6) is 5.75 Å². The number of carbonyl (C=O) groups excluding carboxylic acids is 1. The Morgan fingerprint density at radius 1 is 1.22 bits per heavy atom. The molecular weight excluding hydrogens is 297 g/mol. The molecule has 2 N–H and O–H groups in total. The smallest absolute Gasteiger partial charge is 0.220 e. The lowest BCUT2D eigenvalue weighted by molar-refractivity contribution is -0.121. The molecule has 0 saturated carbocycles. The molecule has 5 heteroatoms. The van der Waals surface area contributed by atoms with E-state index in [0.29, 0.717) is 23.3 Å². The number of aryl methyl sites for hydroxylation is 1. The molecule has 2 aromatic carbocycles. The van der Waals surface area contributed by atoms with Crippen LogP contribution in [0, 0.1) is 5.82 Å². The van der Waals surface area contributed by atoms with Gasteiger partial charge in [-0.05, 0) is 35.7 Å². The molecule has 0 aromatic heterocycles. The van der Waals surface area contributed by atoms with Crippen LogP contribution in [-0.4, -0.2) is 24.7 Å². The Kier molecular flexibility index (Phi) is 6.11. The van der Waals surface area contributed by atoms with Crippen LogP contribution < -0.4 is 10.1 Å². The summed E-state index contributed by atoms with van der Waals surface area (Å²) < 4.78 is 18.5. The number of nitrogens with one attached hydrogen (secondary N) is 1. The van der Waals surface area contributed by atoms with Crippen LogP contribution in [0.2, 0.25) is 0 Å². The molecule has 0 spiro atoms. The van der Waals surface area contributed by atoms with Gasteiger partial charge >= 0.3 is 0 Å². The topological polar surface area (TPSA) is 58.6 Å². The van der Waals surface area contributed by atoms with Gasteiger partial charge in [0.2, 0.25) is 5.91 Å². The summed E-state index contributed by atoms with van der Waals surface area (Å²) in [6, 6.07) is 13.4. The van der Waals surface area contributed by atoms with Crippen molar-refractivity contribution >= 4 is 5.91 Å². The fourth-order valence-electron chi connectivity index (χ4n) is 2.19. The molecule has 1 unspecified atom stereocenters. The third-order valence-electron chi connectivity index (χ3n) is 3.57. The summed E-state index contributed by atoms with van der Waals surface area (Å²) in [5, 5.41) is 12.7. The first-order chi connectivity index (χ1) is 11.1. The second kappa shape index (κ2) is 8.29. The van der Waals surface area contributed by atoms with E-state index in [0.717, 1.165) is 0 Å². The average molecular weight is 317 g/mol. The lowest BCUT2D eigenvalue weighted by Crippen LogP contribution is -2.28. The summed E-state index contributed by atoms with van der Waals surface area (Å²) in [4.78, 5) is 11.8. The maximum absolute atomic E-state index is 13.5. The van der Waals surface area contributed by atoms with Crippen molar-refractivity contribution in [3.05, 3.63) is 65.5 Å². The maximum atomic E-state index is 13.5. The van der Waals surface area contributed by atoms with Crippen LogP contribution in [0.1, 0.15) is 23.7 Å². The third kappa shape index (κ3) is 5.07. The maximum Gasteiger partial charge on any atom is 0.220 e. The van der Waals surface area contributed by atoms with Crippen LogP contribution in [0.4, 0.5) is 4.39 Å². The van der Waals surface area contributed by atoms with E-state index in [1.807, 2.05) is 0 Å². The Labute approximate surface area is 134 Å². The Morgan fingerprint density at radius 3 is 2.57 bits per heavy atom. The molecule has 2 rings (SSSR count). The highest BCUT2D eigenvalue weighted by Crippen LogP contribution is 2.17. The van der Waals surface area contributed by atoms with E-state index < -0.39 is 6.10 Å². The number of hydrogen-bond donors (Lipinski definition) is 2. The molecule has 0 fully saturated rings. The van der Waals surface area contributed by atoms with Crippen molar-refractivity contribution in [1.82, 2.24) is 5.32 Å². The summed E-state index contributed by atoms with van der Waals surface area (Å²) in [5.74, 6) is 0.175. The van der Waals surface area contributed by atoms with Crippen LogP contribution in [-0.2, 0) is 11.2 Å². The second-order valence-corrected chi connectivity index (χ2v) is 5.18. The Bertz CT molecular complexity index is 643. The SMILES string of the molecule is COc1ccc(C(O)CNC(=O)CCc2ccccc2F)cc1. The molecule has 122 valence electrons. The molecule has 0 heterocycles.